The lowest BCUT2D eigenvalue weighted by molar-refractivity contribution is -0.141. The largest absolute Gasteiger partial charge is 0.352 e. The second-order valence-corrected chi connectivity index (χ2v) is 10.1. The number of rotatable bonds is 12. The van der Waals surface area contributed by atoms with Crippen molar-refractivity contribution in [3.05, 3.63) is 107 Å². The smallest absolute Gasteiger partial charge is 0.261 e. The van der Waals surface area contributed by atoms with Gasteiger partial charge in [0.05, 0.1) is 11.1 Å². The summed E-state index contributed by atoms with van der Waals surface area (Å²) in [5, 5.41) is 3.01. The average molecular weight is 544 g/mol. The number of imide groups is 1. The number of amides is 4. The Balaban J connectivity index is 1.54. The number of benzene rings is 3. The van der Waals surface area contributed by atoms with Gasteiger partial charge in [-0.2, -0.15) is 0 Å². The third-order valence-electron chi connectivity index (χ3n) is 7.19. The monoisotopic (exact) mass is 543 g/mol. The van der Waals surface area contributed by atoms with Gasteiger partial charge >= 0.3 is 0 Å². The lowest BCUT2D eigenvalue weighted by atomic mass is 10.0. The van der Waals surface area contributed by atoms with Crippen molar-refractivity contribution in [1.82, 2.24) is 15.1 Å². The second-order valence-electron chi connectivity index (χ2n) is 10.1. The van der Waals surface area contributed by atoms with Crippen LogP contribution in [0.3, 0.4) is 0 Å². The molecule has 0 spiro atoms. The molecule has 4 amide bonds. The number of carbonyl (C=O) groups is 4. The highest BCUT2D eigenvalue weighted by Gasteiger charge is 2.35. The number of halogens is 1. The SMILES string of the molecule is CC[C@@H](C)NC(=O)[C@H](Cc1ccccc1)N(Cc1ccc(F)cc1)C(=O)CCCN1C(=O)c2ccccc2C1=O. The summed E-state index contributed by atoms with van der Waals surface area (Å²) >= 11 is 0. The summed E-state index contributed by atoms with van der Waals surface area (Å²) in [5.74, 6) is -1.69. The zero-order valence-electron chi connectivity index (χ0n) is 22.8. The molecule has 1 heterocycles. The Kier molecular flexibility index (Phi) is 9.43. The van der Waals surface area contributed by atoms with E-state index >= 15 is 0 Å². The molecule has 4 rings (SSSR count). The van der Waals surface area contributed by atoms with E-state index in [0.29, 0.717) is 23.1 Å². The molecule has 0 radical (unpaired) electrons. The molecule has 208 valence electrons. The minimum absolute atomic E-state index is 0.0243. The van der Waals surface area contributed by atoms with Crippen LogP contribution in [-0.2, 0) is 22.6 Å². The molecule has 1 aliphatic heterocycles. The molecule has 2 atom stereocenters. The predicted molar refractivity (Wildman–Crippen MR) is 150 cm³/mol. The van der Waals surface area contributed by atoms with Gasteiger partial charge in [0.2, 0.25) is 11.8 Å². The number of nitrogens with zero attached hydrogens (tertiary/aromatic N) is 2. The first-order valence-corrected chi connectivity index (χ1v) is 13.6. The third kappa shape index (κ3) is 6.81. The van der Waals surface area contributed by atoms with Crippen LogP contribution in [0.15, 0.2) is 78.9 Å². The molecule has 0 aliphatic carbocycles. The standard InChI is InChI=1S/C32H34FN3O4/c1-3-22(2)34-30(38)28(20-23-10-5-4-6-11-23)36(21-24-15-17-25(33)18-16-24)29(37)14-9-19-35-31(39)26-12-7-8-13-27(26)32(35)40/h4-8,10-13,15-18,22,28H,3,9,14,19-21H2,1-2H3,(H,34,38)/t22-,28+/m1/s1. The highest BCUT2D eigenvalue weighted by Crippen LogP contribution is 2.23. The summed E-state index contributed by atoms with van der Waals surface area (Å²) < 4.78 is 13.6. The summed E-state index contributed by atoms with van der Waals surface area (Å²) in [6.07, 6.45) is 1.30. The highest BCUT2D eigenvalue weighted by atomic mass is 19.1. The minimum Gasteiger partial charge on any atom is -0.352 e. The predicted octanol–water partition coefficient (Wildman–Crippen LogP) is 4.76. The number of hydrogen-bond donors (Lipinski definition) is 1. The molecular formula is C32H34FN3O4. The van der Waals surface area contributed by atoms with Crippen LogP contribution >= 0.6 is 0 Å². The molecule has 0 saturated carbocycles. The first kappa shape index (κ1) is 28.7. The molecule has 0 unspecified atom stereocenters. The van der Waals surface area contributed by atoms with Crippen LogP contribution in [0.4, 0.5) is 4.39 Å². The lowest BCUT2D eigenvalue weighted by Crippen LogP contribution is -2.52. The van der Waals surface area contributed by atoms with Crippen molar-refractivity contribution in [2.24, 2.45) is 0 Å². The van der Waals surface area contributed by atoms with E-state index in [0.717, 1.165) is 12.0 Å². The van der Waals surface area contributed by atoms with Crippen LogP contribution < -0.4 is 5.32 Å². The van der Waals surface area contributed by atoms with Gasteiger partial charge < -0.3 is 10.2 Å². The molecule has 7 nitrogen and oxygen atoms in total. The van der Waals surface area contributed by atoms with Crippen molar-refractivity contribution in [3.8, 4) is 0 Å². The van der Waals surface area contributed by atoms with Gasteiger partial charge in [0.25, 0.3) is 11.8 Å². The Morgan fingerprint density at radius 1 is 0.875 bits per heavy atom. The van der Waals surface area contributed by atoms with Gasteiger partial charge in [-0.05, 0) is 55.2 Å². The number of hydrogen-bond acceptors (Lipinski definition) is 4. The summed E-state index contributed by atoms with van der Waals surface area (Å²) in [4.78, 5) is 55.5. The second kappa shape index (κ2) is 13.2. The molecule has 0 bridgehead atoms. The van der Waals surface area contributed by atoms with E-state index in [4.69, 9.17) is 0 Å². The summed E-state index contributed by atoms with van der Waals surface area (Å²) in [6, 6.07) is 21.1. The normalized spacial score (nSPS) is 14.0. The van der Waals surface area contributed by atoms with Gasteiger partial charge in [-0.15, -0.1) is 0 Å². The number of carbonyl (C=O) groups excluding carboxylic acids is 4. The topological polar surface area (TPSA) is 86.8 Å². The first-order chi connectivity index (χ1) is 19.3. The summed E-state index contributed by atoms with van der Waals surface area (Å²) in [7, 11) is 0. The molecule has 8 heteroatoms. The Morgan fingerprint density at radius 3 is 2.08 bits per heavy atom. The van der Waals surface area contributed by atoms with Gasteiger partial charge in [0.15, 0.2) is 0 Å². The quantitative estimate of drug-likeness (QED) is 0.334. The van der Waals surface area contributed by atoms with Crippen molar-refractivity contribution in [1.29, 1.82) is 0 Å². The van der Waals surface area contributed by atoms with Gasteiger partial charge in [-0.3, -0.25) is 24.1 Å². The van der Waals surface area contributed by atoms with E-state index in [-0.39, 0.29) is 55.6 Å². The fraction of sp³-hybridized carbons (Fsp3) is 0.312. The maximum absolute atomic E-state index is 13.7. The van der Waals surface area contributed by atoms with Gasteiger partial charge in [0.1, 0.15) is 11.9 Å². The van der Waals surface area contributed by atoms with Crippen LogP contribution in [0.1, 0.15) is 65.0 Å². The first-order valence-electron chi connectivity index (χ1n) is 13.6. The molecule has 0 aromatic heterocycles. The van der Waals surface area contributed by atoms with Crippen molar-refractivity contribution in [2.45, 2.75) is 58.2 Å². The summed E-state index contributed by atoms with van der Waals surface area (Å²) in [5.41, 5.74) is 2.31. The fourth-order valence-corrected chi connectivity index (χ4v) is 4.76. The van der Waals surface area contributed by atoms with Crippen LogP contribution in [0, 0.1) is 5.82 Å². The van der Waals surface area contributed by atoms with Crippen molar-refractivity contribution in [2.75, 3.05) is 6.54 Å². The van der Waals surface area contributed by atoms with Crippen LogP contribution in [0.5, 0.6) is 0 Å². The molecule has 40 heavy (non-hydrogen) atoms. The maximum Gasteiger partial charge on any atom is 0.261 e. The van der Waals surface area contributed by atoms with Gasteiger partial charge in [-0.1, -0.05) is 61.5 Å². The molecule has 1 aliphatic rings. The molecular weight excluding hydrogens is 509 g/mol. The van der Waals surface area contributed by atoms with Crippen LogP contribution in [0.25, 0.3) is 0 Å². The minimum atomic E-state index is -0.812. The van der Waals surface area contributed by atoms with E-state index in [1.807, 2.05) is 44.2 Å². The van der Waals surface area contributed by atoms with E-state index < -0.39 is 11.9 Å². The Morgan fingerprint density at radius 2 is 1.48 bits per heavy atom. The van der Waals surface area contributed by atoms with E-state index in [2.05, 4.69) is 5.32 Å². The zero-order valence-corrected chi connectivity index (χ0v) is 22.8. The van der Waals surface area contributed by atoms with Crippen molar-refractivity contribution < 1.29 is 23.6 Å². The third-order valence-corrected chi connectivity index (χ3v) is 7.19. The van der Waals surface area contributed by atoms with E-state index in [9.17, 15) is 23.6 Å². The fourth-order valence-electron chi connectivity index (χ4n) is 4.76. The highest BCUT2D eigenvalue weighted by molar-refractivity contribution is 6.21. The Bertz CT molecular complexity index is 1330. The Hall–Kier alpha value is -4.33. The van der Waals surface area contributed by atoms with Crippen molar-refractivity contribution >= 4 is 23.6 Å². The zero-order chi connectivity index (χ0) is 28.6. The maximum atomic E-state index is 13.7. The van der Waals surface area contributed by atoms with Gasteiger partial charge in [0, 0.05) is 32.0 Å². The van der Waals surface area contributed by atoms with Crippen LogP contribution in [0.2, 0.25) is 0 Å². The van der Waals surface area contributed by atoms with E-state index in [1.165, 1.54) is 21.9 Å². The molecule has 0 fully saturated rings. The van der Waals surface area contributed by atoms with Crippen LogP contribution in [-0.4, -0.2) is 52.1 Å². The van der Waals surface area contributed by atoms with Crippen molar-refractivity contribution in [3.63, 3.8) is 0 Å². The lowest BCUT2D eigenvalue weighted by Gasteiger charge is -2.32. The van der Waals surface area contributed by atoms with E-state index in [1.54, 1.807) is 36.4 Å². The molecule has 3 aromatic carbocycles. The summed E-state index contributed by atoms with van der Waals surface area (Å²) in [6.45, 7) is 4.08. The molecule has 1 N–H and O–H groups in total. The average Bonchev–Trinajstić information content (AvgIpc) is 3.21. The van der Waals surface area contributed by atoms with Gasteiger partial charge in [-0.25, -0.2) is 4.39 Å². The molecule has 3 aromatic rings. The Labute approximate surface area is 234 Å². The molecule has 0 saturated heterocycles. The number of nitrogens with one attached hydrogen (secondary N) is 1. The number of fused-ring (bicyclic) bond motifs is 1.